The average molecular weight is 387 g/mol. The van der Waals surface area contributed by atoms with Crippen LogP contribution in [0.1, 0.15) is 17.0 Å². The van der Waals surface area contributed by atoms with Crippen LogP contribution in [0.3, 0.4) is 0 Å². The fourth-order valence-electron chi connectivity index (χ4n) is 2.79. The molecular formula is C18H21N5O3S. The molecule has 0 aliphatic rings. The van der Waals surface area contributed by atoms with Crippen molar-refractivity contribution in [2.75, 3.05) is 25.8 Å². The van der Waals surface area contributed by atoms with E-state index < -0.39 is 0 Å². The number of methoxy groups -OCH3 is 2. The normalized spacial score (nSPS) is 10.9. The zero-order valence-corrected chi connectivity index (χ0v) is 16.7. The summed E-state index contributed by atoms with van der Waals surface area (Å²) in [5.74, 6) is 1.55. The molecule has 0 unspecified atom stereocenters. The number of hydrogen-bond acceptors (Lipinski definition) is 7. The highest BCUT2D eigenvalue weighted by molar-refractivity contribution is 7.98. The van der Waals surface area contributed by atoms with Crippen LogP contribution >= 0.6 is 11.8 Å². The third kappa shape index (κ3) is 3.82. The topological polar surface area (TPSA) is 90.6 Å². The van der Waals surface area contributed by atoms with Crippen molar-refractivity contribution in [2.45, 2.75) is 25.4 Å². The molecule has 1 amide bonds. The number of amides is 1. The van der Waals surface area contributed by atoms with Gasteiger partial charge in [0, 0.05) is 23.0 Å². The van der Waals surface area contributed by atoms with Gasteiger partial charge in [-0.3, -0.25) is 4.79 Å². The summed E-state index contributed by atoms with van der Waals surface area (Å²) in [6, 6.07) is 5.24. The molecule has 1 aromatic carbocycles. The number of thioether (sulfide) groups is 1. The highest BCUT2D eigenvalue weighted by Gasteiger charge is 2.17. The average Bonchev–Trinajstić information content (AvgIpc) is 3.08. The van der Waals surface area contributed by atoms with Crippen molar-refractivity contribution in [3.05, 3.63) is 35.2 Å². The molecule has 0 saturated carbocycles. The number of fused-ring (bicyclic) bond motifs is 1. The number of nitrogens with zero attached hydrogens (tertiary/aromatic N) is 4. The van der Waals surface area contributed by atoms with Gasteiger partial charge in [-0.05, 0) is 32.2 Å². The zero-order chi connectivity index (χ0) is 19.6. The molecule has 1 N–H and O–H groups in total. The molecule has 0 aliphatic carbocycles. The summed E-state index contributed by atoms with van der Waals surface area (Å²) in [6.45, 7) is 3.79. The van der Waals surface area contributed by atoms with Gasteiger partial charge in [0.05, 0.1) is 26.3 Å². The molecule has 9 heteroatoms. The lowest BCUT2D eigenvalue weighted by Gasteiger charge is -2.13. The van der Waals surface area contributed by atoms with Gasteiger partial charge in [0.2, 0.25) is 11.1 Å². The Labute approximate surface area is 161 Å². The van der Waals surface area contributed by atoms with Crippen molar-refractivity contribution in [3.8, 4) is 11.5 Å². The van der Waals surface area contributed by atoms with Gasteiger partial charge in [0.1, 0.15) is 11.5 Å². The molecule has 0 atom stereocenters. The Morgan fingerprint density at radius 2 is 2.00 bits per heavy atom. The van der Waals surface area contributed by atoms with Crippen molar-refractivity contribution < 1.29 is 14.3 Å². The summed E-state index contributed by atoms with van der Waals surface area (Å²) in [4.78, 5) is 21.5. The van der Waals surface area contributed by atoms with Crippen LogP contribution in [0.15, 0.2) is 23.4 Å². The van der Waals surface area contributed by atoms with E-state index in [1.54, 1.807) is 36.9 Å². The molecule has 2 aromatic heterocycles. The Balaban J connectivity index is 1.86. The summed E-state index contributed by atoms with van der Waals surface area (Å²) in [5.41, 5.74) is 3.02. The predicted octanol–water partition coefficient (Wildman–Crippen LogP) is 2.66. The standard InChI is InChI=1S/C18H21N5O3S/c1-10-13(11(2)23-17(19-10)21-18(22-23)27-5)9-16(24)20-14-7-6-12(25-3)8-15(14)26-4/h6-8H,9H2,1-5H3,(H,20,24). The Bertz CT molecular complexity index is 1000. The van der Waals surface area contributed by atoms with Gasteiger partial charge in [0.25, 0.3) is 5.78 Å². The van der Waals surface area contributed by atoms with E-state index in [-0.39, 0.29) is 12.3 Å². The van der Waals surface area contributed by atoms with Gasteiger partial charge in [-0.15, -0.1) is 5.10 Å². The number of carbonyl (C=O) groups excluding carboxylic acids is 1. The molecule has 8 nitrogen and oxygen atoms in total. The lowest BCUT2D eigenvalue weighted by molar-refractivity contribution is -0.115. The first-order valence-electron chi connectivity index (χ1n) is 8.25. The van der Waals surface area contributed by atoms with Gasteiger partial charge in [-0.2, -0.15) is 4.98 Å². The minimum atomic E-state index is -0.170. The number of nitrogens with one attached hydrogen (secondary N) is 1. The Kier molecular flexibility index (Phi) is 5.50. The number of ether oxygens (including phenoxy) is 2. The number of anilines is 1. The summed E-state index contributed by atoms with van der Waals surface area (Å²) < 4.78 is 12.2. The summed E-state index contributed by atoms with van der Waals surface area (Å²) in [5, 5.41) is 7.94. The van der Waals surface area contributed by atoms with Crippen molar-refractivity contribution >= 4 is 29.1 Å². The maximum absolute atomic E-state index is 12.6. The van der Waals surface area contributed by atoms with Crippen molar-refractivity contribution in [2.24, 2.45) is 0 Å². The molecule has 27 heavy (non-hydrogen) atoms. The second-order valence-corrected chi connectivity index (χ2v) is 6.64. The molecule has 0 radical (unpaired) electrons. The van der Waals surface area contributed by atoms with E-state index in [4.69, 9.17) is 9.47 Å². The highest BCUT2D eigenvalue weighted by atomic mass is 32.2. The molecule has 142 valence electrons. The quantitative estimate of drug-likeness (QED) is 0.650. The Morgan fingerprint density at radius 3 is 2.67 bits per heavy atom. The van der Waals surface area contributed by atoms with E-state index >= 15 is 0 Å². The molecule has 0 aliphatic heterocycles. The molecule has 0 bridgehead atoms. The number of rotatable bonds is 6. The lowest BCUT2D eigenvalue weighted by atomic mass is 10.1. The van der Waals surface area contributed by atoms with Crippen LogP contribution < -0.4 is 14.8 Å². The van der Waals surface area contributed by atoms with E-state index in [2.05, 4.69) is 20.4 Å². The van der Waals surface area contributed by atoms with E-state index in [9.17, 15) is 4.79 Å². The van der Waals surface area contributed by atoms with Crippen molar-refractivity contribution in [3.63, 3.8) is 0 Å². The SMILES string of the molecule is COc1ccc(NC(=O)Cc2c(C)nc3nc(SC)nn3c2C)c(OC)c1. The maximum atomic E-state index is 12.6. The predicted molar refractivity (Wildman–Crippen MR) is 104 cm³/mol. The summed E-state index contributed by atoms with van der Waals surface area (Å²) in [7, 11) is 3.12. The minimum Gasteiger partial charge on any atom is -0.497 e. The van der Waals surface area contributed by atoms with Crippen LogP contribution in [0.25, 0.3) is 5.78 Å². The highest BCUT2D eigenvalue weighted by Crippen LogP contribution is 2.29. The largest absolute Gasteiger partial charge is 0.497 e. The number of hydrogen-bond donors (Lipinski definition) is 1. The molecule has 3 rings (SSSR count). The van der Waals surface area contributed by atoms with E-state index in [0.717, 1.165) is 17.0 Å². The first-order chi connectivity index (χ1) is 13.0. The monoisotopic (exact) mass is 387 g/mol. The fraction of sp³-hybridized carbons (Fsp3) is 0.333. The van der Waals surface area contributed by atoms with Crippen LogP contribution in [-0.4, -0.2) is 46.0 Å². The number of aromatic nitrogens is 4. The summed E-state index contributed by atoms with van der Waals surface area (Å²) >= 11 is 1.45. The van der Waals surface area contributed by atoms with E-state index in [1.165, 1.54) is 11.8 Å². The van der Waals surface area contributed by atoms with Gasteiger partial charge < -0.3 is 14.8 Å². The molecule has 0 fully saturated rings. The molecule has 0 spiro atoms. The van der Waals surface area contributed by atoms with Crippen LogP contribution in [-0.2, 0) is 11.2 Å². The zero-order valence-electron chi connectivity index (χ0n) is 15.9. The Hall–Kier alpha value is -2.81. The van der Waals surface area contributed by atoms with Crippen molar-refractivity contribution in [1.29, 1.82) is 0 Å². The first kappa shape index (κ1) is 19.0. The van der Waals surface area contributed by atoms with Crippen LogP contribution in [0, 0.1) is 13.8 Å². The van der Waals surface area contributed by atoms with Crippen molar-refractivity contribution in [1.82, 2.24) is 19.6 Å². The smallest absolute Gasteiger partial charge is 0.253 e. The number of aryl methyl sites for hydroxylation is 2. The maximum Gasteiger partial charge on any atom is 0.253 e. The third-order valence-corrected chi connectivity index (χ3v) is 4.77. The van der Waals surface area contributed by atoms with E-state index in [0.29, 0.717) is 28.1 Å². The number of carbonyl (C=O) groups is 1. The second kappa shape index (κ2) is 7.83. The first-order valence-corrected chi connectivity index (χ1v) is 9.48. The third-order valence-electron chi connectivity index (χ3n) is 4.23. The minimum absolute atomic E-state index is 0.170. The molecule has 0 saturated heterocycles. The lowest BCUT2D eigenvalue weighted by Crippen LogP contribution is -2.18. The van der Waals surface area contributed by atoms with E-state index in [1.807, 2.05) is 20.1 Å². The fourth-order valence-corrected chi connectivity index (χ4v) is 3.13. The number of benzene rings is 1. The molecule has 2 heterocycles. The van der Waals surface area contributed by atoms with Gasteiger partial charge in [-0.1, -0.05) is 11.8 Å². The second-order valence-electron chi connectivity index (χ2n) is 5.86. The van der Waals surface area contributed by atoms with Gasteiger partial charge in [-0.25, -0.2) is 9.50 Å². The van der Waals surface area contributed by atoms with Crippen LogP contribution in [0.4, 0.5) is 5.69 Å². The van der Waals surface area contributed by atoms with Crippen LogP contribution in [0.5, 0.6) is 11.5 Å². The molecule has 3 aromatic rings. The van der Waals surface area contributed by atoms with Gasteiger partial charge >= 0.3 is 0 Å². The van der Waals surface area contributed by atoms with Crippen LogP contribution in [0.2, 0.25) is 0 Å². The summed E-state index contributed by atoms with van der Waals surface area (Å²) in [6.07, 6.45) is 2.08. The van der Waals surface area contributed by atoms with Gasteiger partial charge in [0.15, 0.2) is 0 Å². The Morgan fingerprint density at radius 1 is 1.22 bits per heavy atom. The molecular weight excluding hydrogens is 366 g/mol.